The monoisotopic (exact) mass is 341 g/mol. The number of rotatable bonds is 3. The molecule has 2 unspecified atom stereocenters. The summed E-state index contributed by atoms with van der Waals surface area (Å²) in [5.41, 5.74) is 0.671. The zero-order valence-electron chi connectivity index (χ0n) is 11.9. The van der Waals surface area contributed by atoms with Crippen LogP contribution in [-0.4, -0.2) is 15.9 Å². The van der Waals surface area contributed by atoms with Gasteiger partial charge in [0.1, 0.15) is 12.0 Å². The number of hydrogen-bond acceptors (Lipinski definition) is 4. The van der Waals surface area contributed by atoms with Crippen molar-refractivity contribution >= 4 is 27.4 Å². The van der Waals surface area contributed by atoms with Gasteiger partial charge >= 0.3 is 0 Å². The number of aromatic nitrogens is 1. The smallest absolute Gasteiger partial charge is 0.291 e. The molecule has 0 aromatic carbocycles. The lowest BCUT2D eigenvalue weighted by atomic mass is 9.97. The molecule has 1 aliphatic carbocycles. The normalized spacial score (nSPS) is 23.1. The van der Waals surface area contributed by atoms with Crippen molar-refractivity contribution in [1.29, 1.82) is 0 Å². The van der Waals surface area contributed by atoms with Crippen LogP contribution in [0.5, 0.6) is 0 Å². The Balaban J connectivity index is 2.21. The average molecular weight is 342 g/mol. The highest BCUT2D eigenvalue weighted by molar-refractivity contribution is 9.10. The van der Waals surface area contributed by atoms with Crippen molar-refractivity contribution in [3.8, 4) is 0 Å². The van der Waals surface area contributed by atoms with Crippen LogP contribution in [0.1, 0.15) is 44.6 Å². The molecule has 1 saturated carbocycles. The second-order valence-electron chi connectivity index (χ2n) is 5.55. The van der Waals surface area contributed by atoms with E-state index in [0.717, 1.165) is 6.42 Å². The van der Waals surface area contributed by atoms with Crippen molar-refractivity contribution in [1.82, 2.24) is 4.98 Å². The third-order valence-electron chi connectivity index (χ3n) is 4.12. The second kappa shape index (κ2) is 6.52. The minimum atomic E-state index is -0.398. The van der Waals surface area contributed by atoms with Crippen molar-refractivity contribution in [2.75, 3.05) is 5.32 Å². The SMILES string of the molecule is Cc1c([N+](=O)[O-])cnc(NC2CCCCCC2C)c1Br. The van der Waals surface area contributed by atoms with Gasteiger partial charge in [0.15, 0.2) is 0 Å². The van der Waals surface area contributed by atoms with Crippen LogP contribution in [0, 0.1) is 23.0 Å². The molecular weight excluding hydrogens is 322 g/mol. The van der Waals surface area contributed by atoms with Gasteiger partial charge < -0.3 is 5.32 Å². The quantitative estimate of drug-likeness (QED) is 0.501. The topological polar surface area (TPSA) is 68.1 Å². The maximum atomic E-state index is 10.9. The molecule has 0 amide bonds. The molecule has 1 fully saturated rings. The molecule has 110 valence electrons. The number of nitrogens with zero attached hydrogens (tertiary/aromatic N) is 2. The minimum absolute atomic E-state index is 0.0522. The Morgan fingerprint density at radius 1 is 1.40 bits per heavy atom. The number of pyridine rings is 1. The van der Waals surface area contributed by atoms with E-state index in [1.807, 2.05) is 0 Å². The maximum Gasteiger partial charge on any atom is 0.291 e. The van der Waals surface area contributed by atoms with Crippen LogP contribution < -0.4 is 5.32 Å². The lowest BCUT2D eigenvalue weighted by Gasteiger charge is -2.24. The third kappa shape index (κ3) is 3.29. The van der Waals surface area contributed by atoms with Crippen LogP contribution in [0.4, 0.5) is 11.5 Å². The summed E-state index contributed by atoms with van der Waals surface area (Å²) in [4.78, 5) is 14.7. The van der Waals surface area contributed by atoms with Gasteiger partial charge in [0.05, 0.1) is 9.40 Å². The lowest BCUT2D eigenvalue weighted by Crippen LogP contribution is -2.27. The first-order valence-corrected chi connectivity index (χ1v) is 7.86. The van der Waals surface area contributed by atoms with Crippen molar-refractivity contribution < 1.29 is 4.92 Å². The summed E-state index contributed by atoms with van der Waals surface area (Å²) in [5, 5.41) is 14.4. The molecule has 1 aromatic rings. The zero-order chi connectivity index (χ0) is 14.7. The summed E-state index contributed by atoms with van der Waals surface area (Å²) in [7, 11) is 0. The largest absolute Gasteiger partial charge is 0.366 e. The summed E-state index contributed by atoms with van der Waals surface area (Å²) >= 11 is 3.44. The first kappa shape index (κ1) is 15.2. The average Bonchev–Trinajstić information content (AvgIpc) is 2.60. The maximum absolute atomic E-state index is 10.9. The molecule has 5 nitrogen and oxygen atoms in total. The molecule has 20 heavy (non-hydrogen) atoms. The van der Waals surface area contributed by atoms with Crippen LogP contribution in [-0.2, 0) is 0 Å². The standard InChI is InChI=1S/C14H20BrN3O2/c1-9-6-4-3-5-7-11(9)17-14-13(15)10(2)12(8-16-14)18(19)20/h8-9,11H,3-7H2,1-2H3,(H,16,17). The van der Waals surface area contributed by atoms with Crippen molar-refractivity contribution in [2.45, 2.75) is 52.0 Å². The summed E-state index contributed by atoms with van der Waals surface area (Å²) < 4.78 is 0.697. The van der Waals surface area contributed by atoms with Crippen LogP contribution in [0.3, 0.4) is 0 Å². The summed E-state index contributed by atoms with van der Waals surface area (Å²) in [5.74, 6) is 1.31. The van der Waals surface area contributed by atoms with E-state index in [1.54, 1.807) is 6.92 Å². The molecule has 1 aliphatic rings. The van der Waals surface area contributed by atoms with Crippen molar-refractivity contribution in [2.24, 2.45) is 5.92 Å². The Bertz CT molecular complexity index is 507. The Labute approximate surface area is 127 Å². The molecule has 1 aromatic heterocycles. The molecule has 1 heterocycles. The van der Waals surface area contributed by atoms with Gasteiger partial charge in [-0.05, 0) is 41.6 Å². The molecule has 0 saturated heterocycles. The van der Waals surface area contributed by atoms with Crippen LogP contribution in [0.2, 0.25) is 0 Å². The van der Waals surface area contributed by atoms with E-state index in [-0.39, 0.29) is 5.69 Å². The van der Waals surface area contributed by atoms with Crippen LogP contribution in [0.15, 0.2) is 10.7 Å². The summed E-state index contributed by atoms with van der Waals surface area (Å²) in [6.45, 7) is 4.00. The number of anilines is 1. The predicted molar refractivity (Wildman–Crippen MR) is 83.0 cm³/mol. The van der Waals surface area contributed by atoms with E-state index < -0.39 is 4.92 Å². The Kier molecular flexibility index (Phi) is 4.96. The first-order valence-electron chi connectivity index (χ1n) is 7.06. The molecule has 6 heteroatoms. The first-order chi connectivity index (χ1) is 9.50. The highest BCUT2D eigenvalue weighted by Crippen LogP contribution is 2.33. The van der Waals surface area contributed by atoms with Crippen LogP contribution in [0.25, 0.3) is 0 Å². The van der Waals surface area contributed by atoms with Gasteiger partial charge in [-0.25, -0.2) is 4.98 Å². The van der Waals surface area contributed by atoms with E-state index in [1.165, 1.54) is 31.9 Å². The number of nitrogens with one attached hydrogen (secondary N) is 1. The Hall–Kier alpha value is -1.17. The molecular formula is C14H20BrN3O2. The summed E-state index contributed by atoms with van der Waals surface area (Å²) in [6.07, 6.45) is 7.49. The second-order valence-corrected chi connectivity index (χ2v) is 6.35. The van der Waals surface area contributed by atoms with Gasteiger partial charge in [0, 0.05) is 11.6 Å². The van der Waals surface area contributed by atoms with E-state index in [2.05, 4.69) is 33.2 Å². The van der Waals surface area contributed by atoms with E-state index in [0.29, 0.717) is 27.8 Å². The molecule has 0 radical (unpaired) electrons. The van der Waals surface area contributed by atoms with Gasteiger partial charge in [0.25, 0.3) is 5.69 Å². The fourth-order valence-corrected chi connectivity index (χ4v) is 3.16. The number of nitro groups is 1. The van der Waals surface area contributed by atoms with Crippen molar-refractivity contribution in [3.63, 3.8) is 0 Å². The molecule has 0 bridgehead atoms. The minimum Gasteiger partial charge on any atom is -0.366 e. The van der Waals surface area contributed by atoms with E-state index >= 15 is 0 Å². The highest BCUT2D eigenvalue weighted by Gasteiger charge is 2.23. The molecule has 2 atom stereocenters. The van der Waals surface area contributed by atoms with Gasteiger partial charge in [-0.2, -0.15) is 0 Å². The summed E-state index contributed by atoms with van der Waals surface area (Å²) in [6, 6.07) is 0.391. The molecule has 1 N–H and O–H groups in total. The predicted octanol–water partition coefficient (Wildman–Crippen LogP) is 4.44. The Morgan fingerprint density at radius 2 is 2.10 bits per heavy atom. The van der Waals surface area contributed by atoms with Gasteiger partial charge in [0.2, 0.25) is 0 Å². The number of hydrogen-bond donors (Lipinski definition) is 1. The van der Waals surface area contributed by atoms with Gasteiger partial charge in [-0.3, -0.25) is 10.1 Å². The number of halogens is 1. The van der Waals surface area contributed by atoms with Crippen molar-refractivity contribution in [3.05, 3.63) is 26.3 Å². The molecule has 2 rings (SSSR count). The van der Waals surface area contributed by atoms with E-state index in [9.17, 15) is 10.1 Å². The highest BCUT2D eigenvalue weighted by atomic mass is 79.9. The Morgan fingerprint density at radius 3 is 2.80 bits per heavy atom. The molecule has 0 spiro atoms. The van der Waals surface area contributed by atoms with Gasteiger partial charge in [-0.1, -0.05) is 26.2 Å². The van der Waals surface area contributed by atoms with Gasteiger partial charge in [-0.15, -0.1) is 0 Å². The lowest BCUT2D eigenvalue weighted by molar-refractivity contribution is -0.385. The van der Waals surface area contributed by atoms with E-state index in [4.69, 9.17) is 0 Å². The third-order valence-corrected chi connectivity index (χ3v) is 5.09. The zero-order valence-corrected chi connectivity index (χ0v) is 13.4. The molecule has 0 aliphatic heterocycles. The van der Waals surface area contributed by atoms with Crippen LogP contribution >= 0.6 is 15.9 Å². The fourth-order valence-electron chi connectivity index (χ4n) is 2.74. The fraction of sp³-hybridized carbons (Fsp3) is 0.643.